The van der Waals surface area contributed by atoms with Gasteiger partial charge in [-0.15, -0.1) is 0 Å². The Morgan fingerprint density at radius 2 is 1.97 bits per heavy atom. The molecule has 1 heterocycles. The summed E-state index contributed by atoms with van der Waals surface area (Å²) in [6.07, 6.45) is 1.96. The summed E-state index contributed by atoms with van der Waals surface area (Å²) >= 11 is 1.40. The highest BCUT2D eigenvalue weighted by molar-refractivity contribution is 8.16. The van der Waals surface area contributed by atoms with Crippen molar-refractivity contribution in [3.8, 4) is 5.75 Å². The molecule has 0 bridgehead atoms. The first kappa shape index (κ1) is 20.6. The number of hydrogen-bond acceptors (Lipinski definition) is 4. The second-order valence-corrected chi connectivity index (χ2v) is 7.29. The van der Waals surface area contributed by atoms with Crippen LogP contribution in [0.1, 0.15) is 35.5 Å². The smallest absolute Gasteiger partial charge is 0.336 e. The Morgan fingerprint density at radius 1 is 1.24 bits per heavy atom. The van der Waals surface area contributed by atoms with Gasteiger partial charge in [-0.1, -0.05) is 36.5 Å². The van der Waals surface area contributed by atoms with Crippen LogP contribution in [0.3, 0.4) is 0 Å². The van der Waals surface area contributed by atoms with Crippen LogP contribution < -0.4 is 4.74 Å². The van der Waals surface area contributed by atoms with Crippen LogP contribution in [-0.4, -0.2) is 22.7 Å². The predicted octanol–water partition coefficient (Wildman–Crippen LogP) is 6.24. The van der Waals surface area contributed by atoms with Crippen LogP contribution >= 0.6 is 11.8 Å². The highest BCUT2D eigenvalue weighted by Gasteiger charge is 2.15. The monoisotopic (exact) mass is 409 g/mol. The van der Waals surface area contributed by atoms with E-state index in [0.29, 0.717) is 22.7 Å². The molecular weight excluding hydrogens is 389 g/mol. The summed E-state index contributed by atoms with van der Waals surface area (Å²) in [6.45, 7) is 8.53. The molecule has 1 aromatic heterocycles. The van der Waals surface area contributed by atoms with E-state index in [9.17, 15) is 14.3 Å². The molecule has 0 amide bonds. The summed E-state index contributed by atoms with van der Waals surface area (Å²) in [4.78, 5) is 17.7. The Balaban J connectivity index is 1.92. The number of carboxylic acid groups (broad SMARTS) is 1. The molecule has 29 heavy (non-hydrogen) atoms. The second kappa shape index (κ2) is 8.92. The number of allylic oxidation sites excluding steroid dienone is 1. The second-order valence-electron chi connectivity index (χ2n) is 6.16. The molecule has 1 N–H and O–H groups in total. The zero-order chi connectivity index (χ0) is 21.0. The van der Waals surface area contributed by atoms with Crippen LogP contribution in [0.2, 0.25) is 0 Å². The van der Waals surface area contributed by atoms with Crippen molar-refractivity contribution in [3.05, 3.63) is 83.8 Å². The minimum atomic E-state index is -1.14. The highest BCUT2D eigenvalue weighted by atomic mass is 32.2. The number of carbonyl (C=O) groups is 1. The SMILES string of the molecule is C=C(S/C(=C\C)c1ccc(OCC)cc1)c1cc(C(=O)O)c2cc(F)ccc2n1. The number of aromatic carboxylic acids is 1. The molecule has 0 fully saturated rings. The van der Waals surface area contributed by atoms with E-state index >= 15 is 0 Å². The van der Waals surface area contributed by atoms with Gasteiger partial charge in [0.05, 0.1) is 23.4 Å². The van der Waals surface area contributed by atoms with E-state index in [0.717, 1.165) is 16.2 Å². The number of halogens is 1. The van der Waals surface area contributed by atoms with E-state index in [1.165, 1.54) is 36.0 Å². The summed E-state index contributed by atoms with van der Waals surface area (Å²) in [5.74, 6) is -0.848. The standard InChI is InChI=1S/C23H20FNO3S/c1-4-22(15-6-9-17(10-7-15)28-5-2)29-14(3)21-13-19(23(26)27)18-12-16(24)8-11-20(18)25-21/h4,6-13H,3,5H2,1-2H3,(H,26,27)/b22-4-. The van der Waals surface area contributed by atoms with Gasteiger partial charge >= 0.3 is 5.97 Å². The lowest BCUT2D eigenvalue weighted by atomic mass is 10.1. The first-order chi connectivity index (χ1) is 13.9. The Morgan fingerprint density at radius 3 is 2.59 bits per heavy atom. The lowest BCUT2D eigenvalue weighted by Gasteiger charge is -2.12. The molecule has 0 spiro atoms. The van der Waals surface area contributed by atoms with E-state index in [1.807, 2.05) is 44.2 Å². The Kier molecular flexibility index (Phi) is 6.34. The van der Waals surface area contributed by atoms with Gasteiger partial charge in [0, 0.05) is 15.2 Å². The number of aromatic nitrogens is 1. The molecule has 0 unspecified atom stereocenters. The fourth-order valence-electron chi connectivity index (χ4n) is 2.87. The van der Waals surface area contributed by atoms with Crippen molar-refractivity contribution in [3.63, 3.8) is 0 Å². The van der Waals surface area contributed by atoms with Crippen LogP contribution in [0.5, 0.6) is 5.75 Å². The number of thioether (sulfide) groups is 1. The zero-order valence-corrected chi connectivity index (χ0v) is 16.9. The molecule has 0 saturated heterocycles. The number of fused-ring (bicyclic) bond motifs is 1. The molecular formula is C23H20FNO3S. The molecule has 0 aliphatic heterocycles. The van der Waals surface area contributed by atoms with E-state index in [2.05, 4.69) is 11.6 Å². The molecule has 6 heteroatoms. The van der Waals surface area contributed by atoms with E-state index in [4.69, 9.17) is 4.74 Å². The molecule has 3 aromatic rings. The van der Waals surface area contributed by atoms with Crippen molar-refractivity contribution in [2.45, 2.75) is 13.8 Å². The van der Waals surface area contributed by atoms with Gasteiger partial charge in [0.25, 0.3) is 0 Å². The summed E-state index contributed by atoms with van der Waals surface area (Å²) in [7, 11) is 0. The quantitative estimate of drug-likeness (QED) is 0.501. The maximum absolute atomic E-state index is 13.6. The maximum atomic E-state index is 13.6. The lowest BCUT2D eigenvalue weighted by Crippen LogP contribution is -2.01. The van der Waals surface area contributed by atoms with Crippen LogP contribution in [-0.2, 0) is 0 Å². The molecule has 0 aliphatic rings. The Hall–Kier alpha value is -3.12. The first-order valence-electron chi connectivity index (χ1n) is 9.03. The van der Waals surface area contributed by atoms with Crippen molar-refractivity contribution >= 4 is 38.4 Å². The van der Waals surface area contributed by atoms with E-state index in [1.54, 1.807) is 0 Å². The Bertz CT molecular complexity index is 1110. The van der Waals surface area contributed by atoms with E-state index < -0.39 is 11.8 Å². The number of nitrogens with zero attached hydrogens (tertiary/aromatic N) is 1. The largest absolute Gasteiger partial charge is 0.494 e. The van der Waals surface area contributed by atoms with Crippen LogP contribution in [0, 0.1) is 5.82 Å². The van der Waals surface area contributed by atoms with Crippen molar-refractivity contribution in [2.24, 2.45) is 0 Å². The molecule has 0 saturated carbocycles. The van der Waals surface area contributed by atoms with Gasteiger partial charge in [-0.25, -0.2) is 14.2 Å². The first-order valence-corrected chi connectivity index (χ1v) is 9.84. The van der Waals surface area contributed by atoms with Gasteiger partial charge in [0.1, 0.15) is 11.6 Å². The number of rotatable bonds is 7. The summed E-state index contributed by atoms with van der Waals surface area (Å²) in [5.41, 5.74) is 1.83. The highest BCUT2D eigenvalue weighted by Crippen LogP contribution is 2.38. The van der Waals surface area contributed by atoms with Crippen molar-refractivity contribution in [1.82, 2.24) is 4.98 Å². The minimum Gasteiger partial charge on any atom is -0.494 e. The van der Waals surface area contributed by atoms with Crippen molar-refractivity contribution in [2.75, 3.05) is 6.61 Å². The average molecular weight is 409 g/mol. The number of benzene rings is 2. The molecule has 0 atom stereocenters. The number of ether oxygens (including phenoxy) is 1. The Labute approximate surface area is 172 Å². The predicted molar refractivity (Wildman–Crippen MR) is 117 cm³/mol. The fraction of sp³-hybridized carbons (Fsp3) is 0.130. The van der Waals surface area contributed by atoms with Crippen molar-refractivity contribution < 1.29 is 19.0 Å². The summed E-state index contributed by atoms with van der Waals surface area (Å²) in [6, 6.07) is 13.1. The number of carboxylic acids is 1. The number of hydrogen-bond donors (Lipinski definition) is 1. The molecule has 0 radical (unpaired) electrons. The van der Waals surface area contributed by atoms with Crippen LogP contribution in [0.25, 0.3) is 20.7 Å². The molecule has 0 aliphatic carbocycles. The van der Waals surface area contributed by atoms with E-state index in [-0.39, 0.29) is 10.9 Å². The molecule has 2 aromatic carbocycles. The van der Waals surface area contributed by atoms with Gasteiger partial charge in [-0.05, 0) is 55.8 Å². The normalized spacial score (nSPS) is 11.5. The molecule has 148 valence electrons. The third-order valence-corrected chi connectivity index (χ3v) is 5.38. The van der Waals surface area contributed by atoms with Crippen LogP contribution in [0.4, 0.5) is 4.39 Å². The van der Waals surface area contributed by atoms with Crippen LogP contribution in [0.15, 0.2) is 61.2 Å². The average Bonchev–Trinajstić information content (AvgIpc) is 2.71. The zero-order valence-electron chi connectivity index (χ0n) is 16.1. The van der Waals surface area contributed by atoms with Gasteiger partial charge in [0.15, 0.2) is 0 Å². The summed E-state index contributed by atoms with van der Waals surface area (Å²) in [5, 5.41) is 9.81. The lowest BCUT2D eigenvalue weighted by molar-refractivity contribution is 0.0699. The fourth-order valence-corrected chi connectivity index (χ4v) is 3.72. The van der Waals surface area contributed by atoms with Gasteiger partial charge in [-0.3, -0.25) is 0 Å². The maximum Gasteiger partial charge on any atom is 0.336 e. The summed E-state index contributed by atoms with van der Waals surface area (Å²) < 4.78 is 19.0. The van der Waals surface area contributed by atoms with Crippen molar-refractivity contribution in [1.29, 1.82) is 0 Å². The number of pyridine rings is 1. The van der Waals surface area contributed by atoms with Gasteiger partial charge in [0.2, 0.25) is 0 Å². The minimum absolute atomic E-state index is 0.00524. The van der Waals surface area contributed by atoms with Gasteiger partial charge < -0.3 is 9.84 Å². The topological polar surface area (TPSA) is 59.4 Å². The van der Waals surface area contributed by atoms with Gasteiger partial charge in [-0.2, -0.15) is 0 Å². The third kappa shape index (κ3) is 4.66. The third-order valence-electron chi connectivity index (χ3n) is 4.23. The molecule has 4 nitrogen and oxygen atoms in total. The molecule has 3 rings (SSSR count).